The molecule has 2 aromatic heterocycles. The second kappa shape index (κ2) is 6.27. The van der Waals surface area contributed by atoms with Crippen molar-refractivity contribution in [3.05, 3.63) is 40.8 Å². The summed E-state index contributed by atoms with van der Waals surface area (Å²) in [5, 5.41) is 6.80. The summed E-state index contributed by atoms with van der Waals surface area (Å²) in [6, 6.07) is 4.28. The van der Waals surface area contributed by atoms with Crippen molar-refractivity contribution in [2.24, 2.45) is 0 Å². The minimum atomic E-state index is 0.224. The van der Waals surface area contributed by atoms with Crippen LogP contribution < -0.4 is 16.4 Å². The Morgan fingerprint density at radius 1 is 1.41 bits per heavy atom. The predicted molar refractivity (Wildman–Crippen MR) is 87.6 cm³/mol. The molecule has 3 heterocycles. The Labute approximate surface area is 130 Å². The number of fused-ring (bicyclic) bond motifs is 1. The summed E-state index contributed by atoms with van der Waals surface area (Å²) in [5.41, 5.74) is 10.3. The lowest BCUT2D eigenvalue weighted by molar-refractivity contribution is 0.623. The molecule has 0 aromatic carbocycles. The molecule has 6 nitrogen and oxygen atoms in total. The molecule has 116 valence electrons. The van der Waals surface area contributed by atoms with E-state index in [1.54, 1.807) is 0 Å². The zero-order valence-corrected chi connectivity index (χ0v) is 13.1. The Hall–Kier alpha value is -2.21. The van der Waals surface area contributed by atoms with Gasteiger partial charge in [-0.1, -0.05) is 6.07 Å². The fourth-order valence-electron chi connectivity index (χ4n) is 2.80. The van der Waals surface area contributed by atoms with Gasteiger partial charge in [0.1, 0.15) is 5.82 Å². The number of nitrogen functional groups attached to an aromatic ring is 1. The number of hydrogen-bond acceptors (Lipinski definition) is 6. The third-order valence-corrected chi connectivity index (χ3v) is 3.95. The van der Waals surface area contributed by atoms with Crippen molar-refractivity contribution in [2.75, 3.05) is 17.6 Å². The lowest BCUT2D eigenvalue weighted by Gasteiger charge is -2.22. The third kappa shape index (κ3) is 3.17. The standard InChI is InChI=1S/C16H22N6/c1-10-4-3-6-19-13(10)8-11(2)20-15-12-5-7-18-9-14(12)21-16(17)22-15/h3-4,6,11,18H,5,7-9H2,1-2H3,(H3,17,20,21,22). The number of hydrogen-bond donors (Lipinski definition) is 3. The van der Waals surface area contributed by atoms with Gasteiger partial charge in [0.15, 0.2) is 0 Å². The first-order valence-electron chi connectivity index (χ1n) is 7.66. The van der Waals surface area contributed by atoms with Crippen LogP contribution in [-0.2, 0) is 19.4 Å². The van der Waals surface area contributed by atoms with Crippen LogP contribution in [0.5, 0.6) is 0 Å². The maximum atomic E-state index is 5.83. The number of nitrogens with two attached hydrogens (primary N) is 1. The second-order valence-corrected chi connectivity index (χ2v) is 5.80. The van der Waals surface area contributed by atoms with E-state index in [4.69, 9.17) is 5.73 Å². The molecule has 0 radical (unpaired) electrons. The van der Waals surface area contributed by atoms with Gasteiger partial charge in [0.2, 0.25) is 5.95 Å². The van der Waals surface area contributed by atoms with Gasteiger partial charge in [0.25, 0.3) is 0 Å². The Morgan fingerprint density at radius 2 is 2.27 bits per heavy atom. The smallest absolute Gasteiger partial charge is 0.222 e. The van der Waals surface area contributed by atoms with E-state index in [1.807, 2.05) is 12.3 Å². The fraction of sp³-hybridized carbons (Fsp3) is 0.438. The number of aromatic nitrogens is 3. The molecule has 0 bridgehead atoms. The van der Waals surface area contributed by atoms with E-state index in [0.717, 1.165) is 43.1 Å². The zero-order chi connectivity index (χ0) is 15.5. The van der Waals surface area contributed by atoms with Crippen molar-refractivity contribution in [2.45, 2.75) is 39.3 Å². The van der Waals surface area contributed by atoms with Gasteiger partial charge in [-0.05, 0) is 38.4 Å². The first kappa shape index (κ1) is 14.7. The zero-order valence-electron chi connectivity index (χ0n) is 13.1. The summed E-state index contributed by atoms with van der Waals surface area (Å²) in [4.78, 5) is 13.2. The molecule has 0 spiro atoms. The molecule has 0 saturated heterocycles. The van der Waals surface area contributed by atoms with Gasteiger partial charge in [0, 0.05) is 36.5 Å². The molecular formula is C16H22N6. The molecule has 2 aromatic rings. The van der Waals surface area contributed by atoms with Gasteiger partial charge in [-0.3, -0.25) is 4.98 Å². The summed E-state index contributed by atoms with van der Waals surface area (Å²) in [5.74, 6) is 1.19. The Bertz CT molecular complexity index is 670. The maximum Gasteiger partial charge on any atom is 0.222 e. The van der Waals surface area contributed by atoms with Gasteiger partial charge >= 0.3 is 0 Å². The number of anilines is 2. The normalized spacial score (nSPS) is 15.2. The Balaban J connectivity index is 1.78. The van der Waals surface area contributed by atoms with Crippen LogP contribution in [0.3, 0.4) is 0 Å². The molecule has 4 N–H and O–H groups in total. The van der Waals surface area contributed by atoms with Crippen molar-refractivity contribution < 1.29 is 0 Å². The van der Waals surface area contributed by atoms with Crippen LogP contribution in [0.25, 0.3) is 0 Å². The van der Waals surface area contributed by atoms with E-state index < -0.39 is 0 Å². The van der Waals surface area contributed by atoms with Crippen molar-refractivity contribution in [3.63, 3.8) is 0 Å². The Morgan fingerprint density at radius 3 is 3.09 bits per heavy atom. The van der Waals surface area contributed by atoms with Crippen LogP contribution in [0.1, 0.15) is 29.4 Å². The molecule has 1 atom stereocenters. The molecule has 22 heavy (non-hydrogen) atoms. The van der Waals surface area contributed by atoms with E-state index in [2.05, 4.69) is 45.5 Å². The van der Waals surface area contributed by atoms with Crippen LogP contribution in [-0.4, -0.2) is 27.5 Å². The summed E-state index contributed by atoms with van der Waals surface area (Å²) >= 11 is 0. The summed E-state index contributed by atoms with van der Waals surface area (Å²) in [7, 11) is 0. The van der Waals surface area contributed by atoms with Gasteiger partial charge < -0.3 is 16.4 Å². The summed E-state index contributed by atoms with van der Waals surface area (Å²) < 4.78 is 0. The minimum absolute atomic E-state index is 0.224. The molecule has 1 aliphatic rings. The average Bonchev–Trinajstić information content (AvgIpc) is 2.49. The fourth-order valence-corrected chi connectivity index (χ4v) is 2.80. The largest absolute Gasteiger partial charge is 0.368 e. The van der Waals surface area contributed by atoms with Crippen molar-refractivity contribution in [1.82, 2.24) is 20.3 Å². The third-order valence-electron chi connectivity index (χ3n) is 3.95. The summed E-state index contributed by atoms with van der Waals surface area (Å²) in [6.45, 7) is 5.93. The molecule has 0 amide bonds. The average molecular weight is 298 g/mol. The van der Waals surface area contributed by atoms with Gasteiger partial charge in [-0.25, -0.2) is 4.98 Å². The van der Waals surface area contributed by atoms with E-state index in [9.17, 15) is 0 Å². The lowest BCUT2D eigenvalue weighted by atomic mass is 10.1. The number of nitrogens with one attached hydrogen (secondary N) is 2. The predicted octanol–water partition coefficient (Wildman–Crippen LogP) is 1.45. The lowest BCUT2D eigenvalue weighted by Crippen LogP contribution is -2.28. The maximum absolute atomic E-state index is 5.83. The monoisotopic (exact) mass is 298 g/mol. The molecule has 0 fully saturated rings. The quantitative estimate of drug-likeness (QED) is 0.792. The number of pyridine rings is 1. The highest BCUT2D eigenvalue weighted by atomic mass is 15.1. The van der Waals surface area contributed by atoms with Crippen LogP contribution >= 0.6 is 0 Å². The first-order valence-corrected chi connectivity index (χ1v) is 7.66. The molecular weight excluding hydrogens is 276 g/mol. The summed E-state index contributed by atoms with van der Waals surface area (Å²) in [6.07, 6.45) is 3.61. The molecule has 3 rings (SSSR count). The molecule has 6 heteroatoms. The molecule has 1 unspecified atom stereocenters. The van der Waals surface area contributed by atoms with E-state index in [-0.39, 0.29) is 6.04 Å². The van der Waals surface area contributed by atoms with Crippen molar-refractivity contribution in [3.8, 4) is 0 Å². The van der Waals surface area contributed by atoms with Crippen molar-refractivity contribution >= 4 is 11.8 Å². The highest BCUT2D eigenvalue weighted by molar-refractivity contribution is 5.51. The van der Waals surface area contributed by atoms with Crippen LogP contribution in [0.4, 0.5) is 11.8 Å². The second-order valence-electron chi connectivity index (χ2n) is 5.80. The number of aryl methyl sites for hydroxylation is 1. The first-order chi connectivity index (χ1) is 10.6. The number of rotatable bonds is 4. The highest BCUT2D eigenvalue weighted by Crippen LogP contribution is 2.22. The van der Waals surface area contributed by atoms with Crippen LogP contribution in [0.2, 0.25) is 0 Å². The van der Waals surface area contributed by atoms with Crippen LogP contribution in [0.15, 0.2) is 18.3 Å². The van der Waals surface area contributed by atoms with E-state index in [1.165, 1.54) is 11.1 Å². The molecule has 1 aliphatic heterocycles. The number of nitrogens with zero attached hydrogens (tertiary/aromatic N) is 3. The minimum Gasteiger partial charge on any atom is -0.368 e. The van der Waals surface area contributed by atoms with Gasteiger partial charge in [0.05, 0.1) is 5.69 Å². The topological polar surface area (TPSA) is 88.8 Å². The van der Waals surface area contributed by atoms with Gasteiger partial charge in [-0.15, -0.1) is 0 Å². The Kier molecular flexibility index (Phi) is 4.20. The SMILES string of the molecule is Cc1cccnc1CC(C)Nc1nc(N)nc2c1CCNC2. The molecule has 0 saturated carbocycles. The van der Waals surface area contributed by atoms with E-state index in [0.29, 0.717) is 5.95 Å². The van der Waals surface area contributed by atoms with Crippen LogP contribution in [0, 0.1) is 6.92 Å². The van der Waals surface area contributed by atoms with Gasteiger partial charge in [-0.2, -0.15) is 4.98 Å². The highest BCUT2D eigenvalue weighted by Gasteiger charge is 2.18. The van der Waals surface area contributed by atoms with E-state index >= 15 is 0 Å². The molecule has 0 aliphatic carbocycles. The van der Waals surface area contributed by atoms with Crippen molar-refractivity contribution in [1.29, 1.82) is 0 Å².